The number of rotatable bonds is 4. The molecule has 6 heteroatoms. The van der Waals surface area contributed by atoms with Gasteiger partial charge in [0.15, 0.2) is 0 Å². The Morgan fingerprint density at radius 2 is 1.92 bits per heavy atom. The van der Waals surface area contributed by atoms with Crippen molar-refractivity contribution in [2.45, 2.75) is 13.5 Å². The first kappa shape index (κ1) is 16.7. The Morgan fingerprint density at radius 1 is 1.20 bits per heavy atom. The lowest BCUT2D eigenvalue weighted by Crippen LogP contribution is -2.20. The molecule has 0 saturated heterocycles. The monoisotopic (exact) mass is 339 g/mol. The van der Waals surface area contributed by atoms with E-state index in [1.165, 1.54) is 18.2 Å². The summed E-state index contributed by atoms with van der Waals surface area (Å²) in [4.78, 5) is 19.4. The van der Waals surface area contributed by atoms with E-state index >= 15 is 0 Å². The highest BCUT2D eigenvalue weighted by Gasteiger charge is 2.11. The van der Waals surface area contributed by atoms with Crippen molar-refractivity contribution in [3.05, 3.63) is 71.7 Å². The van der Waals surface area contributed by atoms with E-state index < -0.39 is 11.7 Å². The summed E-state index contributed by atoms with van der Waals surface area (Å²) in [5, 5.41) is 0. The summed E-state index contributed by atoms with van der Waals surface area (Å²) in [5.41, 5.74) is 2.07. The minimum atomic E-state index is -0.622. The van der Waals surface area contributed by atoms with Crippen molar-refractivity contribution in [1.82, 2.24) is 9.55 Å². The zero-order chi connectivity index (χ0) is 17.8. The molecule has 0 aliphatic rings. The molecule has 0 radical (unpaired) electrons. The molecule has 1 heterocycles. The Morgan fingerprint density at radius 3 is 2.56 bits per heavy atom. The van der Waals surface area contributed by atoms with Gasteiger partial charge in [0.25, 0.3) is 5.91 Å². The number of hydrogen-bond donors (Lipinski definition) is 1. The Hall–Kier alpha value is -3.15. The molecule has 1 aromatic heterocycles. The second-order valence-electron chi connectivity index (χ2n) is 5.40. The van der Waals surface area contributed by atoms with Crippen LogP contribution in [0.15, 0.2) is 59.7 Å². The van der Waals surface area contributed by atoms with Crippen molar-refractivity contribution in [1.29, 1.82) is 0 Å². The lowest BCUT2D eigenvalue weighted by Gasteiger charge is -2.00. The molecule has 0 fully saturated rings. The van der Waals surface area contributed by atoms with Gasteiger partial charge in [-0.3, -0.25) is 4.79 Å². The maximum Gasteiger partial charge on any atom is 0.283 e. The zero-order valence-corrected chi connectivity index (χ0v) is 14.0. The van der Waals surface area contributed by atoms with Gasteiger partial charge in [-0.25, -0.2) is 4.39 Å². The second-order valence-corrected chi connectivity index (χ2v) is 5.40. The molecule has 128 valence electrons. The highest BCUT2D eigenvalue weighted by molar-refractivity contribution is 5.95. The average Bonchev–Trinajstić information content (AvgIpc) is 3.05. The van der Waals surface area contributed by atoms with Gasteiger partial charge in [0.05, 0.1) is 18.4 Å². The fourth-order valence-corrected chi connectivity index (χ4v) is 2.48. The van der Waals surface area contributed by atoms with Crippen molar-refractivity contribution in [3.8, 4) is 17.0 Å². The number of halogens is 1. The molecule has 0 unspecified atom stereocenters. The van der Waals surface area contributed by atoms with Crippen LogP contribution >= 0.6 is 0 Å². The third-order valence-electron chi connectivity index (χ3n) is 3.86. The molecule has 0 atom stereocenters. The van der Waals surface area contributed by atoms with Crippen LogP contribution in [0.25, 0.3) is 11.3 Å². The number of aromatic amines is 1. The van der Waals surface area contributed by atoms with Crippen molar-refractivity contribution in [3.63, 3.8) is 0 Å². The quantitative estimate of drug-likeness (QED) is 0.792. The summed E-state index contributed by atoms with van der Waals surface area (Å²) in [7, 11) is 1.61. The number of carbonyl (C=O) groups excluding carboxylic acids is 1. The SMILES string of the molecule is CCn1cc(-c2ccc(OC)cc2)[nH]/c1=N\C(=O)c1ccccc1F. The summed E-state index contributed by atoms with van der Waals surface area (Å²) >= 11 is 0. The Bertz CT molecular complexity index is 955. The first-order valence-corrected chi connectivity index (χ1v) is 7.90. The van der Waals surface area contributed by atoms with Crippen molar-refractivity contribution < 1.29 is 13.9 Å². The topological polar surface area (TPSA) is 59.4 Å². The van der Waals surface area contributed by atoms with Crippen molar-refractivity contribution >= 4 is 5.91 Å². The van der Waals surface area contributed by atoms with E-state index in [0.29, 0.717) is 12.2 Å². The largest absolute Gasteiger partial charge is 0.497 e. The molecule has 0 saturated carbocycles. The molecule has 0 aliphatic carbocycles. The summed E-state index contributed by atoms with van der Waals surface area (Å²) in [6, 6.07) is 13.3. The number of aryl methyl sites for hydroxylation is 1. The van der Waals surface area contributed by atoms with Gasteiger partial charge >= 0.3 is 0 Å². The summed E-state index contributed by atoms with van der Waals surface area (Å²) in [6.07, 6.45) is 1.87. The van der Waals surface area contributed by atoms with Crippen molar-refractivity contribution in [2.75, 3.05) is 7.11 Å². The number of hydrogen-bond acceptors (Lipinski definition) is 2. The minimum absolute atomic E-state index is 0.0502. The van der Waals surface area contributed by atoms with Gasteiger partial charge in [-0.2, -0.15) is 4.99 Å². The number of benzene rings is 2. The number of imidazole rings is 1. The second kappa shape index (κ2) is 7.17. The maximum atomic E-state index is 13.8. The van der Waals surface area contributed by atoms with Crippen molar-refractivity contribution in [2.24, 2.45) is 4.99 Å². The predicted molar refractivity (Wildman–Crippen MR) is 92.7 cm³/mol. The normalized spacial score (nSPS) is 11.6. The molecular formula is C19H18FN3O2. The lowest BCUT2D eigenvalue weighted by atomic mass is 10.2. The number of H-pyrrole nitrogens is 1. The highest BCUT2D eigenvalue weighted by Crippen LogP contribution is 2.19. The van der Waals surface area contributed by atoms with Gasteiger partial charge in [0.2, 0.25) is 5.62 Å². The number of methoxy groups -OCH3 is 1. The molecule has 5 nitrogen and oxygen atoms in total. The van der Waals surface area contributed by atoms with Gasteiger partial charge in [0.1, 0.15) is 11.6 Å². The zero-order valence-electron chi connectivity index (χ0n) is 14.0. The number of carbonyl (C=O) groups is 1. The predicted octanol–water partition coefficient (Wildman–Crippen LogP) is 3.39. The summed E-state index contributed by atoms with van der Waals surface area (Å²) in [6.45, 7) is 2.56. The first-order valence-electron chi connectivity index (χ1n) is 7.90. The van der Waals surface area contributed by atoms with E-state index in [1.54, 1.807) is 17.7 Å². The van der Waals surface area contributed by atoms with Gasteiger partial charge in [-0.15, -0.1) is 0 Å². The molecule has 1 amide bonds. The fourth-order valence-electron chi connectivity index (χ4n) is 2.48. The average molecular weight is 339 g/mol. The van der Waals surface area contributed by atoms with Crippen LogP contribution in [0.4, 0.5) is 4.39 Å². The van der Waals surface area contributed by atoms with Crippen LogP contribution in [-0.4, -0.2) is 22.6 Å². The van der Waals surface area contributed by atoms with E-state index in [0.717, 1.165) is 17.0 Å². The molecule has 2 aromatic carbocycles. The molecule has 1 N–H and O–H groups in total. The Labute approximate surface area is 144 Å². The van der Waals surface area contributed by atoms with Gasteiger partial charge < -0.3 is 14.3 Å². The molecular weight excluding hydrogens is 321 g/mol. The number of ether oxygens (including phenoxy) is 1. The molecule has 3 rings (SSSR count). The standard InChI is InChI=1S/C19H18FN3O2/c1-3-23-12-17(13-8-10-14(25-2)11-9-13)21-19(23)22-18(24)15-6-4-5-7-16(15)20/h4-12H,3H2,1-2H3,(H,21,22,24). The van der Waals surface area contributed by atoms with Crippen LogP contribution in [0.1, 0.15) is 17.3 Å². The number of nitrogens with one attached hydrogen (secondary N) is 1. The highest BCUT2D eigenvalue weighted by atomic mass is 19.1. The number of aromatic nitrogens is 2. The molecule has 0 bridgehead atoms. The van der Waals surface area contributed by atoms with Gasteiger partial charge in [-0.1, -0.05) is 12.1 Å². The van der Waals surface area contributed by atoms with Gasteiger partial charge in [0, 0.05) is 12.7 Å². The van der Waals surface area contributed by atoms with Gasteiger partial charge in [-0.05, 0) is 48.9 Å². The van der Waals surface area contributed by atoms with Crippen LogP contribution in [0, 0.1) is 5.82 Å². The van der Waals surface area contributed by atoms with E-state index in [9.17, 15) is 9.18 Å². The van der Waals surface area contributed by atoms with Crippen LogP contribution in [-0.2, 0) is 6.54 Å². The van der Waals surface area contributed by atoms with E-state index in [2.05, 4.69) is 9.98 Å². The van der Waals surface area contributed by atoms with E-state index in [1.807, 2.05) is 37.4 Å². The van der Waals surface area contributed by atoms with Crippen LogP contribution in [0.2, 0.25) is 0 Å². The number of amides is 1. The molecule has 25 heavy (non-hydrogen) atoms. The molecule has 3 aromatic rings. The summed E-state index contributed by atoms with van der Waals surface area (Å²) < 4.78 is 20.7. The minimum Gasteiger partial charge on any atom is -0.497 e. The van der Waals surface area contributed by atoms with E-state index in [4.69, 9.17) is 4.74 Å². The third kappa shape index (κ3) is 3.52. The fraction of sp³-hybridized carbons (Fsp3) is 0.158. The lowest BCUT2D eigenvalue weighted by molar-refractivity contribution is 0.0992. The third-order valence-corrected chi connectivity index (χ3v) is 3.86. The summed E-state index contributed by atoms with van der Waals surface area (Å²) in [5.74, 6) is -0.442. The first-order chi connectivity index (χ1) is 12.1. The van der Waals surface area contributed by atoms with Crippen LogP contribution in [0.5, 0.6) is 5.75 Å². The van der Waals surface area contributed by atoms with Crippen LogP contribution < -0.4 is 10.4 Å². The number of nitrogens with zero attached hydrogens (tertiary/aromatic N) is 2. The Kier molecular flexibility index (Phi) is 4.79. The molecule has 0 spiro atoms. The smallest absolute Gasteiger partial charge is 0.283 e. The maximum absolute atomic E-state index is 13.8. The Balaban J connectivity index is 2.00. The van der Waals surface area contributed by atoms with E-state index in [-0.39, 0.29) is 5.56 Å². The van der Waals surface area contributed by atoms with Crippen LogP contribution in [0.3, 0.4) is 0 Å². The molecule has 0 aliphatic heterocycles.